The Balaban J connectivity index is 1.87. The van der Waals surface area contributed by atoms with E-state index in [0.717, 1.165) is 19.4 Å². The molecule has 0 radical (unpaired) electrons. The first-order valence-corrected chi connectivity index (χ1v) is 10.1. The van der Waals surface area contributed by atoms with Crippen LogP contribution in [0.5, 0.6) is 0 Å². The molecule has 0 spiro atoms. The normalized spacial score (nSPS) is 21.3. The Bertz CT molecular complexity index is 883. The summed E-state index contributed by atoms with van der Waals surface area (Å²) in [6.45, 7) is 10.6. The van der Waals surface area contributed by atoms with E-state index in [-0.39, 0.29) is 11.0 Å². The standard InChI is InChI=1S/C24H29NO4/c1-6-7-16-25-19-14-10-9-13-18(19)23(2,3)20(25)15-11-8-12-17-21(26)28-24(4,5)29-22(17)27/h8-15H,6-7,16H2,1-5H3/b11-8+,20-15-. The van der Waals surface area contributed by atoms with E-state index in [1.165, 1.54) is 36.9 Å². The van der Waals surface area contributed by atoms with Gasteiger partial charge in [0, 0.05) is 37.2 Å². The largest absolute Gasteiger partial charge is 0.419 e. The number of hydrogen-bond acceptors (Lipinski definition) is 5. The molecule has 0 unspecified atom stereocenters. The highest BCUT2D eigenvalue weighted by Gasteiger charge is 2.40. The Morgan fingerprint density at radius 2 is 1.59 bits per heavy atom. The predicted octanol–water partition coefficient (Wildman–Crippen LogP) is 4.79. The number of benzene rings is 1. The highest BCUT2D eigenvalue weighted by Crippen LogP contribution is 2.47. The summed E-state index contributed by atoms with van der Waals surface area (Å²) in [5.41, 5.74) is 3.50. The molecule has 1 fully saturated rings. The lowest BCUT2D eigenvalue weighted by molar-refractivity contribution is -0.222. The van der Waals surface area contributed by atoms with Crippen molar-refractivity contribution < 1.29 is 19.1 Å². The second-order valence-corrected chi connectivity index (χ2v) is 8.34. The molecule has 1 aromatic carbocycles. The lowest BCUT2D eigenvalue weighted by atomic mass is 9.84. The number of allylic oxidation sites excluding steroid dienone is 5. The van der Waals surface area contributed by atoms with Crippen LogP contribution in [0, 0.1) is 0 Å². The number of ether oxygens (including phenoxy) is 2. The number of nitrogens with zero attached hydrogens (tertiary/aromatic N) is 1. The van der Waals surface area contributed by atoms with Crippen molar-refractivity contribution in [2.24, 2.45) is 0 Å². The van der Waals surface area contributed by atoms with Crippen molar-refractivity contribution in [2.75, 3.05) is 11.4 Å². The molecule has 0 amide bonds. The number of unbranched alkanes of at least 4 members (excludes halogenated alkanes) is 1. The third-order valence-electron chi connectivity index (χ3n) is 5.28. The van der Waals surface area contributed by atoms with E-state index in [2.05, 4.69) is 56.0 Å². The fraction of sp³-hybridized carbons (Fsp3) is 0.417. The smallest absolute Gasteiger partial charge is 0.348 e. The van der Waals surface area contributed by atoms with Gasteiger partial charge in [0.05, 0.1) is 0 Å². The predicted molar refractivity (Wildman–Crippen MR) is 113 cm³/mol. The molecule has 29 heavy (non-hydrogen) atoms. The molecule has 0 N–H and O–H groups in total. The zero-order valence-corrected chi connectivity index (χ0v) is 17.8. The van der Waals surface area contributed by atoms with Gasteiger partial charge in [-0.05, 0) is 30.2 Å². The molecule has 3 rings (SSSR count). The summed E-state index contributed by atoms with van der Waals surface area (Å²) >= 11 is 0. The van der Waals surface area contributed by atoms with Crippen molar-refractivity contribution in [1.29, 1.82) is 0 Å². The molecule has 1 aromatic rings. The molecule has 5 nitrogen and oxygen atoms in total. The summed E-state index contributed by atoms with van der Waals surface area (Å²) in [7, 11) is 0. The van der Waals surface area contributed by atoms with E-state index in [0.29, 0.717) is 0 Å². The number of fused-ring (bicyclic) bond motifs is 1. The maximum absolute atomic E-state index is 12.0. The Hall–Kier alpha value is -2.82. The number of para-hydroxylation sites is 1. The summed E-state index contributed by atoms with van der Waals surface area (Å²) in [5.74, 6) is -2.56. The molecular weight excluding hydrogens is 366 g/mol. The van der Waals surface area contributed by atoms with Crippen molar-refractivity contribution in [2.45, 2.75) is 58.7 Å². The number of carbonyl (C=O) groups is 2. The maximum atomic E-state index is 12.0. The molecule has 0 aromatic heterocycles. The summed E-state index contributed by atoms with van der Waals surface area (Å²) in [5, 5.41) is 0. The maximum Gasteiger partial charge on any atom is 0.348 e. The number of carbonyl (C=O) groups excluding carboxylic acids is 2. The second-order valence-electron chi connectivity index (χ2n) is 8.34. The van der Waals surface area contributed by atoms with E-state index in [1.54, 1.807) is 6.08 Å². The van der Waals surface area contributed by atoms with E-state index in [4.69, 9.17) is 9.47 Å². The van der Waals surface area contributed by atoms with Crippen molar-refractivity contribution in [3.05, 3.63) is 65.4 Å². The minimum atomic E-state index is -1.23. The Kier molecular flexibility index (Phi) is 5.69. The van der Waals surface area contributed by atoms with Crippen molar-refractivity contribution in [3.63, 3.8) is 0 Å². The summed E-state index contributed by atoms with van der Waals surface area (Å²) in [4.78, 5) is 26.5. The number of cyclic esters (lactones) is 2. The van der Waals surface area contributed by atoms with Gasteiger partial charge in [-0.2, -0.15) is 0 Å². The van der Waals surface area contributed by atoms with Gasteiger partial charge in [-0.25, -0.2) is 9.59 Å². The second kappa shape index (κ2) is 7.90. The monoisotopic (exact) mass is 395 g/mol. The van der Waals surface area contributed by atoms with Crippen molar-refractivity contribution >= 4 is 17.6 Å². The van der Waals surface area contributed by atoms with E-state index < -0.39 is 17.7 Å². The summed E-state index contributed by atoms with van der Waals surface area (Å²) < 4.78 is 10.2. The first-order chi connectivity index (χ1) is 13.7. The molecule has 0 bridgehead atoms. The topological polar surface area (TPSA) is 55.8 Å². The summed E-state index contributed by atoms with van der Waals surface area (Å²) in [6.07, 6.45) is 9.26. The van der Waals surface area contributed by atoms with Gasteiger partial charge in [-0.3, -0.25) is 0 Å². The van der Waals surface area contributed by atoms with Gasteiger partial charge in [0.2, 0.25) is 0 Å². The SMILES string of the molecule is CCCCN1/C(=C\C=C\C=C2C(=O)OC(C)(C)OC2=O)C(C)(C)c2ccccc21. The van der Waals surface area contributed by atoms with Crippen LogP contribution in [0.3, 0.4) is 0 Å². The zero-order chi connectivity index (χ0) is 21.2. The quantitative estimate of drug-likeness (QED) is 0.408. The van der Waals surface area contributed by atoms with Gasteiger partial charge in [0.1, 0.15) is 5.57 Å². The molecule has 1 saturated heterocycles. The van der Waals surface area contributed by atoms with E-state index in [1.807, 2.05) is 6.08 Å². The van der Waals surface area contributed by atoms with Crippen LogP contribution < -0.4 is 4.90 Å². The third kappa shape index (κ3) is 4.14. The number of esters is 2. The lowest BCUT2D eigenvalue weighted by Gasteiger charge is -2.29. The fourth-order valence-corrected chi connectivity index (χ4v) is 3.79. The molecule has 2 aliphatic heterocycles. The van der Waals surface area contributed by atoms with Crippen LogP contribution in [0.25, 0.3) is 0 Å². The van der Waals surface area contributed by atoms with Crippen LogP contribution in [-0.2, 0) is 24.5 Å². The Labute approximate surface area is 172 Å². The molecule has 154 valence electrons. The molecule has 2 heterocycles. The van der Waals surface area contributed by atoms with Crippen molar-refractivity contribution in [1.82, 2.24) is 0 Å². The molecular formula is C24H29NO4. The van der Waals surface area contributed by atoms with Gasteiger partial charge < -0.3 is 14.4 Å². The van der Waals surface area contributed by atoms with E-state index in [9.17, 15) is 9.59 Å². The van der Waals surface area contributed by atoms with Gasteiger partial charge in [-0.15, -0.1) is 0 Å². The van der Waals surface area contributed by atoms with Crippen LogP contribution in [0.2, 0.25) is 0 Å². The minimum Gasteiger partial charge on any atom is -0.419 e. The highest BCUT2D eigenvalue weighted by atomic mass is 16.7. The first kappa shape index (κ1) is 20.9. The molecule has 5 heteroatoms. The van der Waals surface area contributed by atoms with E-state index >= 15 is 0 Å². The lowest BCUT2D eigenvalue weighted by Crippen LogP contribution is -2.41. The average molecular weight is 395 g/mol. The number of hydrogen-bond donors (Lipinski definition) is 0. The van der Waals surface area contributed by atoms with Crippen LogP contribution in [0.4, 0.5) is 5.69 Å². The molecule has 0 atom stereocenters. The molecule has 2 aliphatic rings. The number of rotatable bonds is 5. The fourth-order valence-electron chi connectivity index (χ4n) is 3.79. The van der Waals surface area contributed by atoms with Crippen LogP contribution in [0.15, 0.2) is 59.8 Å². The van der Waals surface area contributed by atoms with Crippen LogP contribution in [0.1, 0.15) is 53.0 Å². The third-order valence-corrected chi connectivity index (χ3v) is 5.28. The van der Waals surface area contributed by atoms with Gasteiger partial charge in [-0.1, -0.05) is 57.5 Å². The van der Waals surface area contributed by atoms with Gasteiger partial charge in [0.25, 0.3) is 5.79 Å². The van der Waals surface area contributed by atoms with Gasteiger partial charge in [0.15, 0.2) is 0 Å². The molecule has 0 aliphatic carbocycles. The first-order valence-electron chi connectivity index (χ1n) is 10.1. The minimum absolute atomic E-state index is 0.101. The Morgan fingerprint density at radius 1 is 0.966 bits per heavy atom. The van der Waals surface area contributed by atoms with Crippen molar-refractivity contribution in [3.8, 4) is 0 Å². The highest BCUT2D eigenvalue weighted by molar-refractivity contribution is 6.15. The van der Waals surface area contributed by atoms with Crippen LogP contribution >= 0.6 is 0 Å². The van der Waals surface area contributed by atoms with Crippen LogP contribution in [-0.4, -0.2) is 24.3 Å². The van der Waals surface area contributed by atoms with Gasteiger partial charge >= 0.3 is 11.9 Å². The molecule has 0 saturated carbocycles. The number of anilines is 1. The zero-order valence-electron chi connectivity index (χ0n) is 17.8. The summed E-state index contributed by atoms with van der Waals surface area (Å²) in [6, 6.07) is 8.48. The average Bonchev–Trinajstić information content (AvgIpc) is 2.85. The Morgan fingerprint density at radius 3 is 2.24 bits per heavy atom.